The fourth-order valence-corrected chi connectivity index (χ4v) is 2.69. The average Bonchev–Trinajstić information content (AvgIpc) is 2.70. The van der Waals surface area contributed by atoms with Crippen molar-refractivity contribution in [3.05, 3.63) is 60.2 Å². The van der Waals surface area contributed by atoms with Crippen molar-refractivity contribution in [2.45, 2.75) is 6.92 Å². The minimum absolute atomic E-state index is 0.000487. The number of aliphatic imine (C=N–C) groups is 1. The second-order valence-corrected chi connectivity index (χ2v) is 6.06. The van der Waals surface area contributed by atoms with Gasteiger partial charge in [-0.3, -0.25) is 9.59 Å². The molecule has 9 heteroatoms. The molecule has 0 aliphatic carbocycles. The summed E-state index contributed by atoms with van der Waals surface area (Å²) in [4.78, 5) is 53.7. The van der Waals surface area contributed by atoms with Crippen molar-refractivity contribution in [1.82, 2.24) is 4.90 Å². The SMILES string of the molecule is CC(=O)Oc1ccccc1C(=O)N=C1C(=O)N(C)C(=O)[N+](c2ccccc2)=C1N. The smallest absolute Gasteiger partial charge is 0.426 e. The van der Waals surface area contributed by atoms with Gasteiger partial charge in [0, 0.05) is 6.92 Å². The van der Waals surface area contributed by atoms with E-state index in [0.29, 0.717) is 5.69 Å². The highest BCUT2D eigenvalue weighted by molar-refractivity contribution is 6.68. The van der Waals surface area contributed by atoms with Crippen molar-refractivity contribution >= 4 is 41.0 Å². The summed E-state index contributed by atoms with van der Waals surface area (Å²) in [6.07, 6.45) is 0. The first kappa shape index (κ1) is 19.6. The largest absolute Gasteiger partial charge is 0.451 e. The third-order valence-corrected chi connectivity index (χ3v) is 4.07. The van der Waals surface area contributed by atoms with Gasteiger partial charge in [0.2, 0.25) is 5.71 Å². The van der Waals surface area contributed by atoms with Crippen molar-refractivity contribution in [2.75, 3.05) is 7.05 Å². The molecule has 3 rings (SSSR count). The van der Waals surface area contributed by atoms with E-state index in [-0.39, 0.29) is 17.1 Å². The van der Waals surface area contributed by atoms with Crippen molar-refractivity contribution in [2.24, 2.45) is 10.7 Å². The summed E-state index contributed by atoms with van der Waals surface area (Å²) in [5.74, 6) is -2.55. The van der Waals surface area contributed by atoms with Gasteiger partial charge in [-0.25, -0.2) is 9.59 Å². The van der Waals surface area contributed by atoms with Crippen LogP contribution in [0.15, 0.2) is 59.6 Å². The van der Waals surface area contributed by atoms with Crippen molar-refractivity contribution in [1.29, 1.82) is 0 Å². The zero-order valence-electron chi connectivity index (χ0n) is 15.7. The van der Waals surface area contributed by atoms with Crippen molar-refractivity contribution < 1.29 is 28.5 Å². The zero-order chi connectivity index (χ0) is 21.1. The zero-order valence-corrected chi connectivity index (χ0v) is 15.7. The molecule has 2 N–H and O–H groups in total. The molecule has 29 heavy (non-hydrogen) atoms. The Morgan fingerprint density at radius 2 is 1.66 bits per heavy atom. The van der Waals surface area contributed by atoms with Gasteiger partial charge in [0.15, 0.2) is 0 Å². The number of amides is 4. The van der Waals surface area contributed by atoms with E-state index in [9.17, 15) is 19.2 Å². The number of nitrogens with zero attached hydrogens (tertiary/aromatic N) is 3. The molecule has 0 aromatic heterocycles. The lowest BCUT2D eigenvalue weighted by atomic mass is 10.1. The molecular weight excluding hydrogens is 376 g/mol. The lowest BCUT2D eigenvalue weighted by molar-refractivity contribution is -0.342. The van der Waals surface area contributed by atoms with Crippen LogP contribution in [0, 0.1) is 0 Å². The minimum Gasteiger partial charge on any atom is -0.426 e. The Morgan fingerprint density at radius 1 is 1.03 bits per heavy atom. The van der Waals surface area contributed by atoms with E-state index < -0.39 is 29.5 Å². The first-order valence-electron chi connectivity index (χ1n) is 8.51. The van der Waals surface area contributed by atoms with E-state index in [1.807, 2.05) is 0 Å². The number of ether oxygens (including phenoxy) is 1. The number of amidine groups is 1. The third kappa shape index (κ3) is 3.79. The molecule has 2 aromatic rings. The van der Waals surface area contributed by atoms with Gasteiger partial charge in [-0.2, -0.15) is 14.5 Å². The number of imide groups is 1. The highest BCUT2D eigenvalue weighted by Crippen LogP contribution is 2.20. The molecule has 4 amide bonds. The molecule has 0 saturated heterocycles. The summed E-state index contributed by atoms with van der Waals surface area (Å²) in [6, 6.07) is 13.7. The van der Waals surface area contributed by atoms with Crippen LogP contribution in [-0.4, -0.2) is 51.9 Å². The fraction of sp³-hybridized carbons (Fsp3) is 0.100. The first-order chi connectivity index (χ1) is 13.8. The highest BCUT2D eigenvalue weighted by Gasteiger charge is 2.42. The van der Waals surface area contributed by atoms with E-state index in [0.717, 1.165) is 9.48 Å². The van der Waals surface area contributed by atoms with E-state index in [1.54, 1.807) is 42.5 Å². The van der Waals surface area contributed by atoms with Gasteiger partial charge in [0.1, 0.15) is 11.4 Å². The summed E-state index contributed by atoms with van der Waals surface area (Å²) in [5.41, 5.74) is 6.04. The number of rotatable bonds is 3. The lowest BCUT2D eigenvalue weighted by Crippen LogP contribution is -2.55. The molecule has 0 fully saturated rings. The first-order valence-corrected chi connectivity index (χ1v) is 8.51. The Hall–Kier alpha value is -4.14. The third-order valence-electron chi connectivity index (χ3n) is 4.07. The predicted molar refractivity (Wildman–Crippen MR) is 103 cm³/mol. The van der Waals surface area contributed by atoms with Gasteiger partial charge in [-0.15, -0.1) is 0 Å². The fourth-order valence-electron chi connectivity index (χ4n) is 2.69. The summed E-state index contributed by atoms with van der Waals surface area (Å²) < 4.78 is 6.10. The molecule has 0 spiro atoms. The number of benzene rings is 2. The monoisotopic (exact) mass is 393 g/mol. The molecule has 0 saturated carbocycles. The van der Waals surface area contributed by atoms with Gasteiger partial charge in [0.25, 0.3) is 11.7 Å². The molecule has 0 bridgehead atoms. The molecular formula is C20H17N4O5+. The van der Waals surface area contributed by atoms with Crippen LogP contribution < -0.4 is 10.5 Å². The molecule has 1 aliphatic heterocycles. The van der Waals surface area contributed by atoms with E-state index in [1.165, 1.54) is 26.1 Å². The maximum Gasteiger partial charge on any atom is 0.451 e. The summed E-state index contributed by atoms with van der Waals surface area (Å²) in [5, 5.41) is 0. The van der Waals surface area contributed by atoms with Gasteiger partial charge in [0.05, 0.1) is 12.6 Å². The normalized spacial score (nSPS) is 15.7. The Bertz CT molecular complexity index is 1090. The van der Waals surface area contributed by atoms with Crippen LogP contribution in [0.25, 0.3) is 0 Å². The molecule has 0 atom stereocenters. The second kappa shape index (κ2) is 7.85. The Balaban J connectivity index is 2.11. The average molecular weight is 393 g/mol. The van der Waals surface area contributed by atoms with Gasteiger partial charge in [-0.05, 0) is 24.3 Å². The number of hydrogen-bond donors (Lipinski definition) is 1. The second-order valence-electron chi connectivity index (χ2n) is 6.06. The summed E-state index contributed by atoms with van der Waals surface area (Å²) in [6.45, 7) is 1.20. The van der Waals surface area contributed by atoms with Crippen LogP contribution in [0.2, 0.25) is 0 Å². The van der Waals surface area contributed by atoms with Crippen LogP contribution >= 0.6 is 0 Å². The molecule has 0 radical (unpaired) electrons. The van der Waals surface area contributed by atoms with Crippen molar-refractivity contribution in [3.63, 3.8) is 0 Å². The van der Waals surface area contributed by atoms with E-state index >= 15 is 0 Å². The number of nitrogens with two attached hydrogens (primary N) is 1. The topological polar surface area (TPSA) is 122 Å². The predicted octanol–water partition coefficient (Wildman–Crippen LogP) is 1.49. The minimum atomic E-state index is -0.844. The van der Waals surface area contributed by atoms with Crippen LogP contribution in [0.5, 0.6) is 5.75 Å². The molecule has 1 heterocycles. The van der Waals surface area contributed by atoms with Gasteiger partial charge >= 0.3 is 17.9 Å². The maximum atomic E-state index is 12.7. The maximum absolute atomic E-state index is 12.7. The van der Waals surface area contributed by atoms with Gasteiger partial charge < -0.3 is 10.5 Å². The number of para-hydroxylation sites is 2. The number of hydrogen-bond acceptors (Lipinski definition) is 6. The number of carbonyl (C=O) groups excluding carboxylic acids is 4. The Kier molecular flexibility index (Phi) is 5.31. The van der Waals surface area contributed by atoms with Crippen LogP contribution in [0.3, 0.4) is 0 Å². The van der Waals surface area contributed by atoms with Crippen LogP contribution in [0.1, 0.15) is 17.3 Å². The Morgan fingerprint density at radius 3 is 2.31 bits per heavy atom. The Labute approximate surface area is 165 Å². The van der Waals surface area contributed by atoms with Crippen LogP contribution in [0.4, 0.5) is 10.5 Å². The number of carbonyl (C=O) groups is 4. The van der Waals surface area contributed by atoms with Crippen molar-refractivity contribution in [3.8, 4) is 5.75 Å². The number of esters is 1. The number of urea groups is 1. The summed E-state index contributed by atoms with van der Waals surface area (Å²) >= 11 is 0. The van der Waals surface area contributed by atoms with Crippen LogP contribution in [-0.2, 0) is 9.59 Å². The summed E-state index contributed by atoms with van der Waals surface area (Å²) in [7, 11) is 1.26. The molecule has 9 nitrogen and oxygen atoms in total. The van der Waals surface area contributed by atoms with Gasteiger partial charge in [-0.1, -0.05) is 30.3 Å². The molecule has 2 aromatic carbocycles. The molecule has 146 valence electrons. The standard InChI is InChI=1S/C20H16N4O5/c1-12(25)29-15-11-7-6-10-14(15)18(26)22-16-17(21)24(13-8-4-3-5-9-13)20(28)23(2)19(16)27/h3-11,21H,1-2H3/p+1. The molecule has 0 unspecified atom stereocenters. The molecule has 1 aliphatic rings. The van der Waals surface area contributed by atoms with E-state index in [4.69, 9.17) is 10.5 Å². The lowest BCUT2D eigenvalue weighted by Gasteiger charge is -2.20. The highest BCUT2D eigenvalue weighted by atomic mass is 16.5. The quantitative estimate of drug-likeness (QED) is 0.479. The van der Waals surface area contributed by atoms with E-state index in [2.05, 4.69) is 4.99 Å².